The molecular formula is C14H22IN5. The predicted octanol–water partition coefficient (Wildman–Crippen LogP) is 2.42. The number of guanidine groups is 1. The van der Waals surface area contributed by atoms with Gasteiger partial charge in [-0.25, -0.2) is 9.98 Å². The molecule has 0 fully saturated rings. The number of aliphatic imine (C=N–C) groups is 1. The monoisotopic (exact) mass is 387 g/mol. The normalized spacial score (nSPS) is 11.4. The van der Waals surface area contributed by atoms with E-state index in [0.29, 0.717) is 12.5 Å². The average molecular weight is 387 g/mol. The Labute approximate surface area is 136 Å². The van der Waals surface area contributed by atoms with Gasteiger partial charge >= 0.3 is 0 Å². The van der Waals surface area contributed by atoms with Gasteiger partial charge in [0.05, 0.1) is 12.2 Å². The van der Waals surface area contributed by atoms with Gasteiger partial charge in [0, 0.05) is 25.0 Å². The molecule has 0 unspecified atom stereocenters. The van der Waals surface area contributed by atoms with Crippen LogP contribution in [0.4, 0.5) is 0 Å². The minimum Gasteiger partial charge on any atom is -0.370 e. The lowest BCUT2D eigenvalue weighted by molar-refractivity contribution is 0.458. The molecule has 0 saturated carbocycles. The third kappa shape index (κ3) is 3.62. The Kier molecular flexibility index (Phi) is 6.25. The number of aromatic nitrogens is 2. The number of aryl methyl sites for hydroxylation is 1. The third-order valence-corrected chi connectivity index (χ3v) is 3.24. The largest absolute Gasteiger partial charge is 0.370 e. The Morgan fingerprint density at radius 2 is 2.05 bits per heavy atom. The quantitative estimate of drug-likeness (QED) is 0.498. The maximum atomic E-state index is 5.95. The van der Waals surface area contributed by atoms with E-state index in [1.807, 2.05) is 23.2 Å². The molecule has 0 amide bonds. The van der Waals surface area contributed by atoms with Crippen molar-refractivity contribution < 1.29 is 0 Å². The summed E-state index contributed by atoms with van der Waals surface area (Å²) in [4.78, 5) is 11.0. The molecule has 0 saturated heterocycles. The summed E-state index contributed by atoms with van der Waals surface area (Å²) in [6, 6.07) is 6.06. The minimum atomic E-state index is 0. The minimum absolute atomic E-state index is 0. The first-order valence-corrected chi connectivity index (χ1v) is 6.64. The summed E-state index contributed by atoms with van der Waals surface area (Å²) < 4.78 is 2.07. The SMILES string of the molecule is CCN(CC)C(N)=NCc1cn2c(C)cccc2n1.I. The summed E-state index contributed by atoms with van der Waals surface area (Å²) in [5.41, 5.74) is 9.00. The summed E-state index contributed by atoms with van der Waals surface area (Å²) in [5, 5.41) is 0. The van der Waals surface area contributed by atoms with Crippen LogP contribution in [0.2, 0.25) is 0 Å². The second-order valence-electron chi connectivity index (χ2n) is 4.47. The lowest BCUT2D eigenvalue weighted by Gasteiger charge is -2.18. The van der Waals surface area contributed by atoms with Crippen LogP contribution >= 0.6 is 24.0 Å². The maximum absolute atomic E-state index is 5.95. The molecule has 0 radical (unpaired) electrons. The Hall–Kier alpha value is -1.31. The molecule has 110 valence electrons. The van der Waals surface area contributed by atoms with Crippen molar-refractivity contribution in [2.75, 3.05) is 13.1 Å². The van der Waals surface area contributed by atoms with Crippen molar-refractivity contribution >= 4 is 35.6 Å². The topological polar surface area (TPSA) is 58.9 Å². The molecule has 0 bridgehead atoms. The highest BCUT2D eigenvalue weighted by Gasteiger charge is 2.05. The molecule has 2 aromatic rings. The molecule has 0 spiro atoms. The van der Waals surface area contributed by atoms with Gasteiger partial charge in [-0.3, -0.25) is 0 Å². The summed E-state index contributed by atoms with van der Waals surface area (Å²) >= 11 is 0. The Bertz CT molecular complexity index is 586. The van der Waals surface area contributed by atoms with Crippen LogP contribution < -0.4 is 5.73 Å². The first kappa shape index (κ1) is 16.7. The first-order chi connectivity index (χ1) is 9.15. The van der Waals surface area contributed by atoms with Gasteiger partial charge in [-0.1, -0.05) is 6.07 Å². The van der Waals surface area contributed by atoms with Gasteiger partial charge in [-0.15, -0.1) is 24.0 Å². The highest BCUT2D eigenvalue weighted by molar-refractivity contribution is 14.0. The molecule has 5 nitrogen and oxygen atoms in total. The fourth-order valence-corrected chi connectivity index (χ4v) is 2.08. The number of halogens is 1. The highest BCUT2D eigenvalue weighted by Crippen LogP contribution is 2.09. The standard InChI is InChI=1S/C14H21N5.HI/c1-4-18(5-2)14(15)16-9-12-10-19-11(3)7-6-8-13(19)17-12;/h6-8,10H,4-5,9H2,1-3H3,(H2,15,16);1H. The Morgan fingerprint density at radius 1 is 1.35 bits per heavy atom. The van der Waals surface area contributed by atoms with Gasteiger partial charge in [0.25, 0.3) is 0 Å². The molecule has 0 atom stereocenters. The Morgan fingerprint density at radius 3 is 2.65 bits per heavy atom. The highest BCUT2D eigenvalue weighted by atomic mass is 127. The number of imidazole rings is 1. The molecule has 2 aromatic heterocycles. The van der Waals surface area contributed by atoms with Crippen LogP contribution in [0.3, 0.4) is 0 Å². The van der Waals surface area contributed by atoms with E-state index in [0.717, 1.165) is 30.1 Å². The van der Waals surface area contributed by atoms with Crippen molar-refractivity contribution in [3.63, 3.8) is 0 Å². The molecular weight excluding hydrogens is 365 g/mol. The smallest absolute Gasteiger partial charge is 0.191 e. The Balaban J connectivity index is 0.00000200. The van der Waals surface area contributed by atoms with Gasteiger partial charge in [-0.2, -0.15) is 0 Å². The van der Waals surface area contributed by atoms with Crippen molar-refractivity contribution in [1.29, 1.82) is 0 Å². The number of hydrogen-bond donors (Lipinski definition) is 1. The van der Waals surface area contributed by atoms with Gasteiger partial charge < -0.3 is 15.0 Å². The van der Waals surface area contributed by atoms with E-state index in [1.165, 1.54) is 0 Å². The lowest BCUT2D eigenvalue weighted by Crippen LogP contribution is -2.37. The van der Waals surface area contributed by atoms with Crippen LogP contribution in [0.15, 0.2) is 29.4 Å². The summed E-state index contributed by atoms with van der Waals surface area (Å²) in [6.45, 7) is 8.46. The second-order valence-corrected chi connectivity index (χ2v) is 4.47. The van der Waals surface area contributed by atoms with Crippen molar-refractivity contribution in [3.05, 3.63) is 35.8 Å². The van der Waals surface area contributed by atoms with E-state index >= 15 is 0 Å². The molecule has 0 aromatic carbocycles. The molecule has 0 aliphatic carbocycles. The molecule has 2 N–H and O–H groups in total. The molecule has 0 aliphatic heterocycles. The van der Waals surface area contributed by atoms with Crippen LogP contribution in [0.1, 0.15) is 25.2 Å². The van der Waals surface area contributed by atoms with Crippen LogP contribution in [0.5, 0.6) is 0 Å². The van der Waals surface area contributed by atoms with Crippen LogP contribution in [-0.4, -0.2) is 33.3 Å². The van der Waals surface area contributed by atoms with Crippen LogP contribution in [0.25, 0.3) is 5.65 Å². The zero-order chi connectivity index (χ0) is 13.8. The fourth-order valence-electron chi connectivity index (χ4n) is 2.08. The van der Waals surface area contributed by atoms with Crippen molar-refractivity contribution in [2.24, 2.45) is 10.7 Å². The number of nitrogens with zero attached hydrogens (tertiary/aromatic N) is 4. The summed E-state index contributed by atoms with van der Waals surface area (Å²) in [6.07, 6.45) is 2.02. The van der Waals surface area contributed by atoms with E-state index in [-0.39, 0.29) is 24.0 Å². The molecule has 6 heteroatoms. The number of fused-ring (bicyclic) bond motifs is 1. The zero-order valence-corrected chi connectivity index (χ0v) is 14.5. The van der Waals surface area contributed by atoms with Gasteiger partial charge in [-0.05, 0) is 32.9 Å². The van der Waals surface area contributed by atoms with Crippen molar-refractivity contribution in [1.82, 2.24) is 14.3 Å². The van der Waals surface area contributed by atoms with Crippen molar-refractivity contribution in [3.8, 4) is 0 Å². The van der Waals surface area contributed by atoms with Crippen LogP contribution in [-0.2, 0) is 6.54 Å². The molecule has 20 heavy (non-hydrogen) atoms. The average Bonchev–Trinajstić information content (AvgIpc) is 2.82. The lowest BCUT2D eigenvalue weighted by atomic mass is 10.4. The fraction of sp³-hybridized carbons (Fsp3) is 0.429. The van der Waals surface area contributed by atoms with Gasteiger partial charge in [0.1, 0.15) is 5.65 Å². The van der Waals surface area contributed by atoms with E-state index in [2.05, 4.69) is 41.2 Å². The summed E-state index contributed by atoms with van der Waals surface area (Å²) in [5.74, 6) is 0.582. The van der Waals surface area contributed by atoms with Crippen molar-refractivity contribution in [2.45, 2.75) is 27.3 Å². The molecule has 0 aliphatic rings. The van der Waals surface area contributed by atoms with E-state index in [9.17, 15) is 0 Å². The number of hydrogen-bond acceptors (Lipinski definition) is 2. The molecule has 2 rings (SSSR count). The van der Waals surface area contributed by atoms with Crippen LogP contribution in [0, 0.1) is 6.92 Å². The molecule has 2 heterocycles. The number of rotatable bonds is 4. The number of pyridine rings is 1. The number of nitrogens with two attached hydrogens (primary N) is 1. The summed E-state index contributed by atoms with van der Waals surface area (Å²) in [7, 11) is 0. The predicted molar refractivity (Wildman–Crippen MR) is 93.6 cm³/mol. The second kappa shape index (κ2) is 7.47. The maximum Gasteiger partial charge on any atom is 0.191 e. The third-order valence-electron chi connectivity index (χ3n) is 3.24. The van der Waals surface area contributed by atoms with E-state index in [1.54, 1.807) is 0 Å². The van der Waals surface area contributed by atoms with Gasteiger partial charge in [0.15, 0.2) is 5.96 Å². The van der Waals surface area contributed by atoms with Gasteiger partial charge in [0.2, 0.25) is 0 Å². The first-order valence-electron chi connectivity index (χ1n) is 6.64. The zero-order valence-electron chi connectivity index (χ0n) is 12.2. The van der Waals surface area contributed by atoms with E-state index < -0.39 is 0 Å². The van der Waals surface area contributed by atoms with E-state index in [4.69, 9.17) is 5.73 Å².